The maximum absolute atomic E-state index is 12.2. The fraction of sp³-hybridized carbons (Fsp3) is 0.188. The number of anilines is 1. The molecule has 3 heterocycles. The van der Waals surface area contributed by atoms with Crippen molar-refractivity contribution in [3.05, 3.63) is 53.8 Å². The molecule has 0 saturated carbocycles. The van der Waals surface area contributed by atoms with Gasteiger partial charge >= 0.3 is 0 Å². The van der Waals surface area contributed by atoms with Gasteiger partial charge in [-0.3, -0.25) is 14.5 Å². The summed E-state index contributed by atoms with van der Waals surface area (Å²) in [5.41, 5.74) is 2.30. The van der Waals surface area contributed by atoms with Crippen LogP contribution in [-0.4, -0.2) is 33.8 Å². The van der Waals surface area contributed by atoms with Gasteiger partial charge in [-0.15, -0.1) is 11.3 Å². The third-order valence-electron chi connectivity index (χ3n) is 3.29. The summed E-state index contributed by atoms with van der Waals surface area (Å²) in [5, 5.41) is 12.3. The predicted molar refractivity (Wildman–Crippen MR) is 91.6 cm³/mol. The molecule has 3 aromatic heterocycles. The lowest BCUT2D eigenvalue weighted by atomic mass is 10.3. The van der Waals surface area contributed by atoms with Crippen LogP contribution in [0.2, 0.25) is 0 Å². The van der Waals surface area contributed by atoms with Gasteiger partial charge in [-0.2, -0.15) is 5.10 Å². The maximum Gasteiger partial charge on any atom is 0.271 e. The Morgan fingerprint density at radius 1 is 1.30 bits per heavy atom. The molecule has 0 saturated heterocycles. The van der Waals surface area contributed by atoms with Gasteiger partial charge in [-0.1, -0.05) is 6.07 Å². The van der Waals surface area contributed by atoms with Crippen molar-refractivity contribution in [1.82, 2.24) is 20.1 Å². The Morgan fingerprint density at radius 2 is 2.22 bits per heavy atom. The summed E-state index contributed by atoms with van der Waals surface area (Å²) < 4.78 is 1.73. The van der Waals surface area contributed by atoms with Crippen LogP contribution in [0.1, 0.15) is 10.5 Å². The van der Waals surface area contributed by atoms with E-state index in [0.717, 1.165) is 16.3 Å². The molecule has 0 fully saturated rings. The number of thiophene rings is 1. The third kappa shape index (κ3) is 3.75. The fourth-order valence-electron chi connectivity index (χ4n) is 2.17. The van der Waals surface area contributed by atoms with Crippen LogP contribution in [0.25, 0.3) is 10.6 Å². The quantitative estimate of drug-likeness (QED) is 0.682. The van der Waals surface area contributed by atoms with E-state index < -0.39 is 0 Å². The monoisotopic (exact) mass is 327 g/mol. The van der Waals surface area contributed by atoms with E-state index in [0.29, 0.717) is 18.8 Å². The molecule has 1 amide bonds. The highest BCUT2D eigenvalue weighted by atomic mass is 32.1. The maximum atomic E-state index is 12.2. The van der Waals surface area contributed by atoms with Crippen molar-refractivity contribution < 1.29 is 4.79 Å². The number of nitrogens with one attached hydrogen (secondary N) is 2. The molecule has 3 rings (SSSR count). The zero-order chi connectivity index (χ0) is 16.1. The minimum atomic E-state index is -0.170. The third-order valence-corrected chi connectivity index (χ3v) is 4.18. The molecule has 0 aliphatic heterocycles. The van der Waals surface area contributed by atoms with Crippen molar-refractivity contribution in [2.45, 2.75) is 0 Å². The summed E-state index contributed by atoms with van der Waals surface area (Å²) in [6.07, 6.45) is 3.47. The standard InChI is InChI=1S/C16H17N5OS/c1-21-14(15-5-3-9-23-15)10-13(20-21)16(22)19-8-7-18-12-4-2-6-17-11-12/h2-6,9-11,18H,7-8H2,1H3,(H,19,22). The molecule has 7 heteroatoms. The highest BCUT2D eigenvalue weighted by Crippen LogP contribution is 2.24. The van der Waals surface area contributed by atoms with Crippen LogP contribution in [0.3, 0.4) is 0 Å². The molecule has 0 unspecified atom stereocenters. The Morgan fingerprint density at radius 3 is 2.96 bits per heavy atom. The summed E-state index contributed by atoms with van der Waals surface area (Å²) in [4.78, 5) is 17.3. The fourth-order valence-corrected chi connectivity index (χ4v) is 2.95. The van der Waals surface area contributed by atoms with Gasteiger partial charge in [-0.05, 0) is 29.6 Å². The number of aryl methyl sites for hydroxylation is 1. The van der Waals surface area contributed by atoms with Gasteiger partial charge in [0.15, 0.2) is 5.69 Å². The first kappa shape index (κ1) is 15.2. The summed E-state index contributed by atoms with van der Waals surface area (Å²) in [5.74, 6) is -0.170. The normalized spacial score (nSPS) is 10.5. The van der Waals surface area contributed by atoms with Crippen molar-refractivity contribution in [3.8, 4) is 10.6 Å². The molecule has 0 spiro atoms. The Hall–Kier alpha value is -2.67. The summed E-state index contributed by atoms with van der Waals surface area (Å²) in [7, 11) is 1.84. The molecule has 0 aliphatic carbocycles. The first-order valence-electron chi connectivity index (χ1n) is 7.24. The van der Waals surface area contributed by atoms with Gasteiger partial charge in [0.05, 0.1) is 16.3 Å². The van der Waals surface area contributed by atoms with Crippen LogP contribution in [-0.2, 0) is 7.05 Å². The molecular weight excluding hydrogens is 310 g/mol. The zero-order valence-electron chi connectivity index (χ0n) is 12.7. The van der Waals surface area contributed by atoms with Gasteiger partial charge in [0.1, 0.15) is 0 Å². The Labute approximate surface area is 138 Å². The van der Waals surface area contributed by atoms with E-state index in [1.807, 2.05) is 42.8 Å². The number of hydrogen-bond acceptors (Lipinski definition) is 5. The zero-order valence-corrected chi connectivity index (χ0v) is 13.5. The Bertz CT molecular complexity index is 767. The van der Waals surface area contributed by atoms with E-state index in [4.69, 9.17) is 0 Å². The summed E-state index contributed by atoms with van der Waals surface area (Å²) >= 11 is 1.63. The first-order chi connectivity index (χ1) is 11.2. The van der Waals surface area contributed by atoms with Crippen LogP contribution in [0, 0.1) is 0 Å². The van der Waals surface area contributed by atoms with Gasteiger partial charge in [0.25, 0.3) is 5.91 Å². The lowest BCUT2D eigenvalue weighted by Crippen LogP contribution is -2.29. The summed E-state index contributed by atoms with van der Waals surface area (Å²) in [6.45, 7) is 1.14. The minimum absolute atomic E-state index is 0.170. The van der Waals surface area contributed by atoms with Crippen molar-refractivity contribution in [3.63, 3.8) is 0 Å². The van der Waals surface area contributed by atoms with Crippen molar-refractivity contribution in [1.29, 1.82) is 0 Å². The molecule has 2 N–H and O–H groups in total. The van der Waals surface area contributed by atoms with Crippen molar-refractivity contribution in [2.75, 3.05) is 18.4 Å². The van der Waals surface area contributed by atoms with E-state index in [2.05, 4.69) is 20.7 Å². The molecule has 6 nitrogen and oxygen atoms in total. The SMILES string of the molecule is Cn1nc(C(=O)NCCNc2cccnc2)cc1-c1cccs1. The highest BCUT2D eigenvalue weighted by Gasteiger charge is 2.13. The molecule has 118 valence electrons. The summed E-state index contributed by atoms with van der Waals surface area (Å²) in [6, 6.07) is 9.61. The van der Waals surface area contributed by atoms with Crippen molar-refractivity contribution in [2.24, 2.45) is 7.05 Å². The van der Waals surface area contributed by atoms with Crippen LogP contribution < -0.4 is 10.6 Å². The van der Waals surface area contributed by atoms with Gasteiger partial charge < -0.3 is 10.6 Å². The number of amides is 1. The minimum Gasteiger partial charge on any atom is -0.382 e. The van der Waals surface area contributed by atoms with Gasteiger partial charge in [-0.25, -0.2) is 0 Å². The molecule has 0 atom stereocenters. The average molecular weight is 327 g/mol. The molecule has 3 aromatic rings. The number of rotatable bonds is 6. The van der Waals surface area contributed by atoms with Gasteiger partial charge in [0, 0.05) is 32.5 Å². The lowest BCUT2D eigenvalue weighted by Gasteiger charge is -2.06. The molecule has 0 bridgehead atoms. The van der Waals surface area contributed by atoms with E-state index in [1.54, 1.807) is 28.4 Å². The van der Waals surface area contributed by atoms with Crippen LogP contribution >= 0.6 is 11.3 Å². The highest BCUT2D eigenvalue weighted by molar-refractivity contribution is 7.13. The number of aromatic nitrogens is 3. The number of carbonyl (C=O) groups is 1. The Kier molecular flexibility index (Phi) is 4.68. The average Bonchev–Trinajstić information content (AvgIpc) is 3.21. The Balaban J connectivity index is 1.54. The number of nitrogens with zero attached hydrogens (tertiary/aromatic N) is 3. The molecule has 23 heavy (non-hydrogen) atoms. The van der Waals surface area contributed by atoms with Crippen LogP contribution in [0.5, 0.6) is 0 Å². The molecular formula is C16H17N5OS. The lowest BCUT2D eigenvalue weighted by molar-refractivity contribution is 0.0949. The molecule has 0 aliphatic rings. The van der Waals surface area contributed by atoms with E-state index >= 15 is 0 Å². The molecule has 0 aromatic carbocycles. The van der Waals surface area contributed by atoms with Crippen molar-refractivity contribution >= 4 is 22.9 Å². The number of pyridine rings is 1. The van der Waals surface area contributed by atoms with E-state index in [-0.39, 0.29) is 5.91 Å². The van der Waals surface area contributed by atoms with Crippen LogP contribution in [0.4, 0.5) is 5.69 Å². The topological polar surface area (TPSA) is 71.8 Å². The largest absolute Gasteiger partial charge is 0.382 e. The smallest absolute Gasteiger partial charge is 0.271 e. The van der Waals surface area contributed by atoms with Gasteiger partial charge in [0.2, 0.25) is 0 Å². The second-order valence-corrected chi connectivity index (χ2v) is 5.89. The molecule has 0 radical (unpaired) electrons. The predicted octanol–water partition coefficient (Wildman–Crippen LogP) is 2.39. The van der Waals surface area contributed by atoms with Crippen LogP contribution in [0.15, 0.2) is 48.1 Å². The number of hydrogen-bond donors (Lipinski definition) is 2. The van der Waals surface area contributed by atoms with E-state index in [1.165, 1.54) is 0 Å². The second kappa shape index (κ2) is 7.06. The number of carbonyl (C=O) groups excluding carboxylic acids is 1. The van der Waals surface area contributed by atoms with E-state index in [9.17, 15) is 4.79 Å². The first-order valence-corrected chi connectivity index (χ1v) is 8.12. The second-order valence-electron chi connectivity index (χ2n) is 4.94.